The van der Waals surface area contributed by atoms with Crippen LogP contribution < -0.4 is 5.43 Å². The molecule has 0 radical (unpaired) electrons. The van der Waals surface area contributed by atoms with Crippen molar-refractivity contribution >= 4 is 51.6 Å². The van der Waals surface area contributed by atoms with Gasteiger partial charge in [0.25, 0.3) is 0 Å². The molecule has 0 amide bonds. The SMILES string of the molecule is O=c1cc(SI)sc2ccccc12. The second-order valence-corrected chi connectivity index (χ2v) is 5.76. The zero-order valence-corrected chi connectivity index (χ0v) is 10.3. The van der Waals surface area contributed by atoms with E-state index < -0.39 is 0 Å². The van der Waals surface area contributed by atoms with Crippen molar-refractivity contribution in [2.24, 2.45) is 0 Å². The van der Waals surface area contributed by atoms with Crippen LogP contribution in [0.15, 0.2) is 39.3 Å². The quantitative estimate of drug-likeness (QED) is 0.745. The summed E-state index contributed by atoms with van der Waals surface area (Å²) in [6, 6.07) is 9.41. The van der Waals surface area contributed by atoms with Crippen molar-refractivity contribution in [1.82, 2.24) is 0 Å². The van der Waals surface area contributed by atoms with Crippen LogP contribution >= 0.6 is 41.5 Å². The third kappa shape index (κ3) is 1.89. The van der Waals surface area contributed by atoms with Gasteiger partial charge in [-0.2, -0.15) is 0 Å². The Morgan fingerprint density at radius 3 is 2.85 bits per heavy atom. The molecule has 0 atom stereocenters. The van der Waals surface area contributed by atoms with Crippen LogP contribution in [0.3, 0.4) is 0 Å². The summed E-state index contributed by atoms with van der Waals surface area (Å²) in [6.45, 7) is 0. The van der Waals surface area contributed by atoms with E-state index in [-0.39, 0.29) is 5.43 Å². The van der Waals surface area contributed by atoms with E-state index in [4.69, 9.17) is 0 Å². The van der Waals surface area contributed by atoms with Gasteiger partial charge in [-0.05, 0) is 21.1 Å². The van der Waals surface area contributed by atoms with Crippen LogP contribution in [0.2, 0.25) is 0 Å². The fraction of sp³-hybridized carbons (Fsp3) is 0. The average Bonchev–Trinajstić information content (AvgIpc) is 2.18. The Balaban J connectivity index is 2.85. The zero-order valence-electron chi connectivity index (χ0n) is 6.49. The molecule has 0 fully saturated rings. The number of rotatable bonds is 1. The molecule has 0 bridgehead atoms. The van der Waals surface area contributed by atoms with Crippen LogP contribution in [0.5, 0.6) is 0 Å². The summed E-state index contributed by atoms with van der Waals surface area (Å²) >= 11 is 3.85. The first kappa shape index (κ1) is 9.48. The summed E-state index contributed by atoms with van der Waals surface area (Å²) in [6.07, 6.45) is 0. The third-order valence-electron chi connectivity index (χ3n) is 1.69. The Hall–Kier alpha value is -0.0700. The Kier molecular flexibility index (Phi) is 2.90. The lowest BCUT2D eigenvalue weighted by Crippen LogP contribution is -1.97. The highest BCUT2D eigenvalue weighted by molar-refractivity contribution is 14.2. The second kappa shape index (κ2) is 3.98. The van der Waals surface area contributed by atoms with Gasteiger partial charge in [0.1, 0.15) is 0 Å². The number of hydrogen-bond acceptors (Lipinski definition) is 3. The first-order chi connectivity index (χ1) is 6.31. The molecule has 0 aliphatic rings. The molecular formula is C9H5IOS2. The van der Waals surface area contributed by atoms with Crippen molar-refractivity contribution in [3.05, 3.63) is 40.6 Å². The summed E-state index contributed by atoms with van der Waals surface area (Å²) in [5.74, 6) is 0. The van der Waals surface area contributed by atoms with E-state index in [2.05, 4.69) is 21.2 Å². The van der Waals surface area contributed by atoms with E-state index >= 15 is 0 Å². The second-order valence-electron chi connectivity index (χ2n) is 2.50. The Labute approximate surface area is 95.8 Å². The molecule has 0 saturated carbocycles. The van der Waals surface area contributed by atoms with Crippen LogP contribution in [-0.4, -0.2) is 0 Å². The number of fused-ring (bicyclic) bond motifs is 1. The molecule has 13 heavy (non-hydrogen) atoms. The van der Waals surface area contributed by atoms with Gasteiger partial charge in [0.15, 0.2) is 5.43 Å². The highest BCUT2D eigenvalue weighted by Gasteiger charge is 2.00. The Bertz CT molecular complexity index is 492. The number of halogens is 1. The lowest BCUT2D eigenvalue weighted by Gasteiger charge is -1.96. The van der Waals surface area contributed by atoms with Crippen molar-refractivity contribution in [3.63, 3.8) is 0 Å². The van der Waals surface area contributed by atoms with Gasteiger partial charge < -0.3 is 0 Å². The molecule has 0 unspecified atom stereocenters. The minimum absolute atomic E-state index is 0.119. The number of hydrogen-bond donors (Lipinski definition) is 0. The predicted molar refractivity (Wildman–Crippen MR) is 68.0 cm³/mol. The maximum atomic E-state index is 11.5. The maximum absolute atomic E-state index is 11.5. The lowest BCUT2D eigenvalue weighted by molar-refractivity contribution is 1.61. The predicted octanol–water partition coefficient (Wildman–Crippen LogP) is 3.70. The molecule has 2 rings (SSSR count). The van der Waals surface area contributed by atoms with Gasteiger partial charge in [0, 0.05) is 37.4 Å². The van der Waals surface area contributed by atoms with E-state index in [1.807, 2.05) is 24.3 Å². The van der Waals surface area contributed by atoms with E-state index in [0.717, 1.165) is 14.3 Å². The van der Waals surface area contributed by atoms with Gasteiger partial charge in [0.05, 0.1) is 4.21 Å². The van der Waals surface area contributed by atoms with Gasteiger partial charge >= 0.3 is 0 Å². The molecule has 0 spiro atoms. The summed E-state index contributed by atoms with van der Waals surface area (Å²) in [7, 11) is 1.59. The van der Waals surface area contributed by atoms with Crippen LogP contribution in [0.1, 0.15) is 0 Å². The van der Waals surface area contributed by atoms with Gasteiger partial charge in [-0.1, -0.05) is 12.1 Å². The van der Waals surface area contributed by atoms with E-state index in [0.29, 0.717) is 0 Å². The third-order valence-corrected chi connectivity index (χ3v) is 5.67. The molecule has 1 nitrogen and oxygen atoms in total. The molecule has 1 aromatic carbocycles. The van der Waals surface area contributed by atoms with Gasteiger partial charge in [0.2, 0.25) is 0 Å². The summed E-state index contributed by atoms with van der Waals surface area (Å²) < 4.78 is 2.12. The minimum Gasteiger partial charge on any atom is -0.289 e. The van der Waals surface area contributed by atoms with Crippen molar-refractivity contribution < 1.29 is 0 Å². The first-order valence-electron chi connectivity index (χ1n) is 3.63. The van der Waals surface area contributed by atoms with Crippen LogP contribution in [-0.2, 0) is 0 Å². The molecule has 1 aromatic heterocycles. The van der Waals surface area contributed by atoms with Crippen molar-refractivity contribution in [2.45, 2.75) is 4.21 Å². The molecule has 0 aliphatic carbocycles. The largest absolute Gasteiger partial charge is 0.289 e. The van der Waals surface area contributed by atoms with Crippen molar-refractivity contribution in [2.75, 3.05) is 0 Å². The standard InChI is InChI=1S/C9H5IOS2/c10-13-9-5-7(11)6-3-1-2-4-8(6)12-9/h1-5H. The van der Waals surface area contributed by atoms with Crippen LogP contribution in [0.25, 0.3) is 10.1 Å². The fourth-order valence-corrected chi connectivity index (χ4v) is 3.67. The minimum atomic E-state index is 0.119. The van der Waals surface area contributed by atoms with Crippen LogP contribution in [0, 0.1) is 0 Å². The van der Waals surface area contributed by atoms with Gasteiger partial charge in [-0.25, -0.2) is 0 Å². The molecule has 66 valence electrons. The zero-order chi connectivity index (χ0) is 9.26. The summed E-state index contributed by atoms with van der Waals surface area (Å²) in [4.78, 5) is 11.5. The summed E-state index contributed by atoms with van der Waals surface area (Å²) in [5, 5.41) is 0.821. The molecule has 4 heteroatoms. The van der Waals surface area contributed by atoms with E-state index in [1.165, 1.54) is 0 Å². The molecule has 0 saturated heterocycles. The van der Waals surface area contributed by atoms with E-state index in [1.54, 1.807) is 26.3 Å². The average molecular weight is 320 g/mol. The first-order valence-corrected chi connectivity index (χ1v) is 7.80. The van der Waals surface area contributed by atoms with E-state index in [9.17, 15) is 4.79 Å². The van der Waals surface area contributed by atoms with Gasteiger partial charge in [-0.3, -0.25) is 4.79 Å². The Morgan fingerprint density at radius 1 is 1.31 bits per heavy atom. The molecule has 0 N–H and O–H groups in total. The van der Waals surface area contributed by atoms with Crippen molar-refractivity contribution in [3.8, 4) is 0 Å². The number of benzene rings is 1. The highest BCUT2D eigenvalue weighted by atomic mass is 127. The van der Waals surface area contributed by atoms with Gasteiger partial charge in [-0.15, -0.1) is 11.3 Å². The lowest BCUT2D eigenvalue weighted by atomic mass is 10.2. The monoisotopic (exact) mass is 320 g/mol. The topological polar surface area (TPSA) is 17.1 Å². The molecule has 0 aliphatic heterocycles. The normalized spacial score (nSPS) is 10.5. The Morgan fingerprint density at radius 2 is 2.08 bits per heavy atom. The maximum Gasteiger partial charge on any atom is 0.189 e. The smallest absolute Gasteiger partial charge is 0.189 e. The van der Waals surface area contributed by atoms with Crippen molar-refractivity contribution in [1.29, 1.82) is 0 Å². The highest BCUT2D eigenvalue weighted by Crippen LogP contribution is 2.31. The fourth-order valence-electron chi connectivity index (χ4n) is 1.12. The summed E-state index contributed by atoms with van der Waals surface area (Å²) in [5.41, 5.74) is 0.119. The molecular weight excluding hydrogens is 315 g/mol. The van der Waals surface area contributed by atoms with Crippen LogP contribution in [0.4, 0.5) is 0 Å². The molecule has 1 heterocycles. The molecule has 2 aromatic rings.